The number of nitrogens with zero attached hydrogens (tertiary/aromatic N) is 1. The number of rotatable bonds is 5. The van der Waals surface area contributed by atoms with Crippen LogP contribution in [0, 0.1) is 0 Å². The summed E-state index contributed by atoms with van der Waals surface area (Å²) in [4.78, 5) is 14.1. The van der Waals surface area contributed by atoms with Crippen molar-refractivity contribution in [3.8, 4) is 5.75 Å². The third kappa shape index (κ3) is 4.62. The van der Waals surface area contributed by atoms with E-state index in [9.17, 15) is 4.79 Å². The van der Waals surface area contributed by atoms with Gasteiger partial charge in [-0.25, -0.2) is 0 Å². The maximum atomic E-state index is 12.2. The summed E-state index contributed by atoms with van der Waals surface area (Å²) in [5, 5.41) is 2.28. The Bertz CT molecular complexity index is 672. The van der Waals surface area contributed by atoms with Crippen LogP contribution in [0.1, 0.15) is 25.7 Å². The standard InChI is InChI=1S/C19H24N2O2.ClH/c20-16-8-4-12-21(14-16)19(22)11-5-13-23-18-10-3-7-15-6-1-2-9-17(15)18;/h1-3,6-7,9-10,16H,4-5,8,11-14,20H2;1H. The summed E-state index contributed by atoms with van der Waals surface area (Å²) in [6.45, 7) is 2.10. The summed E-state index contributed by atoms with van der Waals surface area (Å²) in [6.07, 6.45) is 3.29. The average molecular weight is 349 g/mol. The normalized spacial score (nSPS) is 17.4. The number of fused-ring (bicyclic) bond motifs is 1. The van der Waals surface area contributed by atoms with Crippen LogP contribution in [0.15, 0.2) is 42.5 Å². The van der Waals surface area contributed by atoms with Crippen molar-refractivity contribution in [1.29, 1.82) is 0 Å². The lowest BCUT2D eigenvalue weighted by molar-refractivity contribution is -0.132. The molecule has 4 nitrogen and oxygen atoms in total. The molecule has 1 saturated heterocycles. The first-order valence-electron chi connectivity index (χ1n) is 8.38. The van der Waals surface area contributed by atoms with Crippen molar-refractivity contribution >= 4 is 29.1 Å². The summed E-state index contributed by atoms with van der Waals surface area (Å²) in [5.41, 5.74) is 5.93. The van der Waals surface area contributed by atoms with Crippen molar-refractivity contribution in [1.82, 2.24) is 4.90 Å². The lowest BCUT2D eigenvalue weighted by Crippen LogP contribution is -2.45. The van der Waals surface area contributed by atoms with E-state index in [-0.39, 0.29) is 24.4 Å². The minimum absolute atomic E-state index is 0. The topological polar surface area (TPSA) is 55.6 Å². The molecule has 5 heteroatoms. The number of benzene rings is 2. The van der Waals surface area contributed by atoms with Crippen molar-refractivity contribution in [3.63, 3.8) is 0 Å². The van der Waals surface area contributed by atoms with Gasteiger partial charge < -0.3 is 15.4 Å². The first kappa shape index (κ1) is 18.6. The van der Waals surface area contributed by atoms with Crippen LogP contribution < -0.4 is 10.5 Å². The molecular formula is C19H25ClN2O2. The number of piperidine rings is 1. The first-order chi connectivity index (χ1) is 11.2. The smallest absolute Gasteiger partial charge is 0.222 e. The Balaban J connectivity index is 0.00000208. The third-order valence-corrected chi connectivity index (χ3v) is 4.35. The van der Waals surface area contributed by atoms with Crippen LogP contribution >= 0.6 is 12.4 Å². The summed E-state index contributed by atoms with van der Waals surface area (Å²) in [5.74, 6) is 1.08. The minimum Gasteiger partial charge on any atom is -0.493 e. The zero-order valence-corrected chi connectivity index (χ0v) is 14.6. The van der Waals surface area contributed by atoms with Gasteiger partial charge in [0.1, 0.15) is 5.75 Å². The van der Waals surface area contributed by atoms with Gasteiger partial charge in [0.15, 0.2) is 0 Å². The number of halogens is 1. The molecule has 2 aromatic rings. The number of carbonyl (C=O) groups is 1. The molecule has 1 heterocycles. The van der Waals surface area contributed by atoms with Crippen LogP contribution in [0.25, 0.3) is 10.8 Å². The predicted molar refractivity (Wildman–Crippen MR) is 99.7 cm³/mol. The van der Waals surface area contributed by atoms with Gasteiger partial charge in [-0.05, 0) is 30.7 Å². The van der Waals surface area contributed by atoms with E-state index in [1.807, 2.05) is 29.2 Å². The highest BCUT2D eigenvalue weighted by molar-refractivity contribution is 5.88. The Morgan fingerprint density at radius 3 is 2.83 bits per heavy atom. The van der Waals surface area contributed by atoms with E-state index in [0.717, 1.165) is 36.9 Å². The summed E-state index contributed by atoms with van der Waals surface area (Å²) in [7, 11) is 0. The molecule has 1 amide bonds. The minimum atomic E-state index is 0. The van der Waals surface area contributed by atoms with Gasteiger partial charge in [-0.3, -0.25) is 4.79 Å². The molecule has 0 radical (unpaired) electrons. The van der Waals surface area contributed by atoms with Crippen molar-refractivity contribution in [2.75, 3.05) is 19.7 Å². The second kappa shape index (κ2) is 8.90. The van der Waals surface area contributed by atoms with Gasteiger partial charge in [0.05, 0.1) is 6.61 Å². The molecule has 24 heavy (non-hydrogen) atoms. The van der Waals surface area contributed by atoms with Crippen LogP contribution in [-0.2, 0) is 4.79 Å². The molecular weight excluding hydrogens is 324 g/mol. The van der Waals surface area contributed by atoms with E-state index in [2.05, 4.69) is 18.2 Å². The van der Waals surface area contributed by atoms with Gasteiger partial charge in [0, 0.05) is 30.9 Å². The van der Waals surface area contributed by atoms with Gasteiger partial charge in [-0.2, -0.15) is 0 Å². The number of hydrogen-bond donors (Lipinski definition) is 1. The molecule has 130 valence electrons. The van der Waals surface area contributed by atoms with Crippen molar-refractivity contribution in [3.05, 3.63) is 42.5 Å². The number of hydrogen-bond acceptors (Lipinski definition) is 3. The number of carbonyl (C=O) groups excluding carboxylic acids is 1. The Labute approximate surface area is 149 Å². The molecule has 0 bridgehead atoms. The molecule has 0 saturated carbocycles. The van der Waals surface area contributed by atoms with E-state index < -0.39 is 0 Å². The Morgan fingerprint density at radius 1 is 1.21 bits per heavy atom. The molecule has 1 aliphatic heterocycles. The molecule has 1 atom stereocenters. The number of nitrogens with two attached hydrogens (primary N) is 1. The molecule has 3 rings (SSSR count). The molecule has 1 unspecified atom stereocenters. The van der Waals surface area contributed by atoms with Crippen molar-refractivity contribution < 1.29 is 9.53 Å². The average Bonchev–Trinajstić information content (AvgIpc) is 2.58. The van der Waals surface area contributed by atoms with Crippen LogP contribution in [0.4, 0.5) is 0 Å². The largest absolute Gasteiger partial charge is 0.493 e. The molecule has 0 aromatic heterocycles. The highest BCUT2D eigenvalue weighted by Gasteiger charge is 2.20. The highest BCUT2D eigenvalue weighted by Crippen LogP contribution is 2.25. The molecule has 1 fully saturated rings. The van der Waals surface area contributed by atoms with Gasteiger partial charge in [-0.1, -0.05) is 36.4 Å². The van der Waals surface area contributed by atoms with Crippen LogP contribution in [0.3, 0.4) is 0 Å². The second-order valence-corrected chi connectivity index (χ2v) is 6.17. The quantitative estimate of drug-likeness (QED) is 0.843. The maximum absolute atomic E-state index is 12.2. The van der Waals surface area contributed by atoms with Gasteiger partial charge >= 0.3 is 0 Å². The number of ether oxygens (including phenoxy) is 1. The predicted octanol–water partition coefficient (Wildman–Crippen LogP) is 3.37. The zero-order valence-electron chi connectivity index (χ0n) is 13.8. The van der Waals surface area contributed by atoms with Crippen LogP contribution in [-0.4, -0.2) is 36.5 Å². The van der Waals surface area contributed by atoms with Crippen molar-refractivity contribution in [2.24, 2.45) is 5.73 Å². The molecule has 1 aliphatic rings. The zero-order chi connectivity index (χ0) is 16.1. The Kier molecular flexibility index (Phi) is 6.88. The lowest BCUT2D eigenvalue weighted by Gasteiger charge is -2.30. The fraction of sp³-hybridized carbons (Fsp3) is 0.421. The fourth-order valence-corrected chi connectivity index (χ4v) is 3.12. The van der Waals surface area contributed by atoms with E-state index in [1.54, 1.807) is 0 Å². The monoisotopic (exact) mass is 348 g/mol. The molecule has 2 aromatic carbocycles. The Hall–Kier alpha value is -1.78. The molecule has 2 N–H and O–H groups in total. The van der Waals surface area contributed by atoms with Crippen molar-refractivity contribution in [2.45, 2.75) is 31.7 Å². The summed E-state index contributed by atoms with van der Waals surface area (Å²) >= 11 is 0. The first-order valence-corrected chi connectivity index (χ1v) is 8.38. The summed E-state index contributed by atoms with van der Waals surface area (Å²) in [6, 6.07) is 14.4. The number of amides is 1. The van der Waals surface area contributed by atoms with E-state index >= 15 is 0 Å². The Morgan fingerprint density at radius 2 is 2.00 bits per heavy atom. The van der Waals surface area contributed by atoms with Crippen LogP contribution in [0.2, 0.25) is 0 Å². The fourth-order valence-electron chi connectivity index (χ4n) is 3.12. The lowest BCUT2D eigenvalue weighted by atomic mass is 10.1. The van der Waals surface area contributed by atoms with E-state index in [1.165, 1.54) is 5.39 Å². The third-order valence-electron chi connectivity index (χ3n) is 4.35. The highest BCUT2D eigenvalue weighted by atomic mass is 35.5. The molecule has 0 spiro atoms. The van der Waals surface area contributed by atoms with Crippen LogP contribution in [0.5, 0.6) is 5.75 Å². The van der Waals surface area contributed by atoms with E-state index in [4.69, 9.17) is 10.5 Å². The van der Waals surface area contributed by atoms with Gasteiger partial charge in [0.25, 0.3) is 0 Å². The van der Waals surface area contributed by atoms with Gasteiger partial charge in [-0.15, -0.1) is 12.4 Å². The van der Waals surface area contributed by atoms with Gasteiger partial charge in [0.2, 0.25) is 5.91 Å². The molecule has 0 aliphatic carbocycles. The number of likely N-dealkylation sites (tertiary alicyclic amines) is 1. The maximum Gasteiger partial charge on any atom is 0.222 e. The van der Waals surface area contributed by atoms with E-state index in [0.29, 0.717) is 19.6 Å². The SMILES string of the molecule is Cl.NC1CCCN(C(=O)CCCOc2cccc3ccccc23)C1. The summed E-state index contributed by atoms with van der Waals surface area (Å²) < 4.78 is 5.88. The second-order valence-electron chi connectivity index (χ2n) is 6.17.